The second-order valence-corrected chi connectivity index (χ2v) is 8.41. The van der Waals surface area contributed by atoms with Crippen molar-refractivity contribution in [3.8, 4) is 28.4 Å². The molecule has 1 unspecified atom stereocenters. The van der Waals surface area contributed by atoms with E-state index in [0.717, 1.165) is 28.8 Å². The highest BCUT2D eigenvalue weighted by Gasteiger charge is 2.30. The summed E-state index contributed by atoms with van der Waals surface area (Å²) < 4.78 is 24.8. The van der Waals surface area contributed by atoms with Gasteiger partial charge in [0.2, 0.25) is 5.88 Å². The Morgan fingerprint density at radius 3 is 2.55 bits per heavy atom. The molecule has 5 rings (SSSR count). The van der Waals surface area contributed by atoms with Gasteiger partial charge in [0.1, 0.15) is 11.4 Å². The van der Waals surface area contributed by atoms with Crippen molar-refractivity contribution < 1.29 is 13.8 Å². The third-order valence-electron chi connectivity index (χ3n) is 5.18. The number of methoxy groups -OCH3 is 1. The maximum absolute atomic E-state index is 13.2. The molecule has 156 valence electrons. The summed E-state index contributed by atoms with van der Waals surface area (Å²) in [6, 6.07) is 17.0. The lowest BCUT2D eigenvalue weighted by atomic mass is 10.0. The highest BCUT2D eigenvalue weighted by Crippen LogP contribution is 2.36. The van der Waals surface area contributed by atoms with E-state index >= 15 is 0 Å². The first-order chi connectivity index (χ1) is 15.1. The predicted molar refractivity (Wildman–Crippen MR) is 116 cm³/mol. The molecule has 0 fully saturated rings. The van der Waals surface area contributed by atoms with Gasteiger partial charge in [0.15, 0.2) is 10.7 Å². The number of pyridine rings is 1. The summed E-state index contributed by atoms with van der Waals surface area (Å²) >= 11 is -1.35. The number of aromatic nitrogens is 3. The number of nitrogens with zero attached hydrogens (tertiary/aromatic N) is 3. The average Bonchev–Trinajstić information content (AvgIpc) is 3.44. The minimum Gasteiger partial charge on any atom is -0.588 e. The smallest absolute Gasteiger partial charge is 0.439 e. The fourth-order valence-electron chi connectivity index (χ4n) is 3.61. The molecule has 0 aliphatic carbocycles. The maximum Gasteiger partial charge on any atom is 0.439 e. The first-order valence-electron chi connectivity index (χ1n) is 9.61. The Balaban J connectivity index is 1.37. The number of ether oxygens (including phenoxy) is 1. The number of hydrogen-bond donors (Lipinski definition) is 1. The Bertz CT molecular complexity index is 1270. The molecule has 31 heavy (non-hydrogen) atoms. The van der Waals surface area contributed by atoms with Gasteiger partial charge < -0.3 is 9.29 Å². The molecule has 0 saturated heterocycles. The van der Waals surface area contributed by atoms with E-state index in [-0.39, 0.29) is 0 Å². The lowest BCUT2D eigenvalue weighted by molar-refractivity contribution is 0.388. The van der Waals surface area contributed by atoms with Crippen molar-refractivity contribution in [1.82, 2.24) is 15.1 Å². The standard InChI is InChI=1S/C22H18N4O4S/c1-29-20-9-5-17(13-23-20)15-4-8-19-16(12-15)10-11-26(19)31(28)18-6-2-14(3-7-18)21-24-22(27)30-25-21/h2-9,12-13H,10-11H2,1H3,(H,24,25,27). The van der Waals surface area contributed by atoms with Crippen molar-refractivity contribution in [2.24, 2.45) is 0 Å². The molecule has 1 aliphatic rings. The van der Waals surface area contributed by atoms with E-state index in [2.05, 4.69) is 25.7 Å². The number of fused-ring (bicyclic) bond motifs is 1. The second-order valence-electron chi connectivity index (χ2n) is 7.00. The number of benzene rings is 2. The van der Waals surface area contributed by atoms with Gasteiger partial charge in [0.05, 0.1) is 19.3 Å². The van der Waals surface area contributed by atoms with Gasteiger partial charge in [-0.05, 0) is 60.0 Å². The van der Waals surface area contributed by atoms with Crippen LogP contribution in [0.15, 0.2) is 75.0 Å². The molecular formula is C22H18N4O4S. The predicted octanol–water partition coefficient (Wildman–Crippen LogP) is 3.19. The molecule has 0 spiro atoms. The van der Waals surface area contributed by atoms with Crippen molar-refractivity contribution in [3.63, 3.8) is 0 Å². The van der Waals surface area contributed by atoms with Crippen LogP contribution < -0.4 is 14.8 Å². The van der Waals surface area contributed by atoms with Gasteiger partial charge in [-0.3, -0.25) is 9.51 Å². The molecule has 4 aromatic rings. The van der Waals surface area contributed by atoms with Crippen LogP contribution in [0, 0.1) is 0 Å². The van der Waals surface area contributed by atoms with E-state index < -0.39 is 17.1 Å². The first-order valence-corrected chi connectivity index (χ1v) is 10.7. The monoisotopic (exact) mass is 434 g/mol. The highest BCUT2D eigenvalue weighted by atomic mass is 32.2. The fourth-order valence-corrected chi connectivity index (χ4v) is 4.84. The van der Waals surface area contributed by atoms with Crippen LogP contribution in [0.25, 0.3) is 22.5 Å². The minimum atomic E-state index is -1.35. The van der Waals surface area contributed by atoms with Crippen LogP contribution in [-0.4, -0.2) is 33.3 Å². The van der Waals surface area contributed by atoms with E-state index in [1.807, 2.05) is 28.6 Å². The maximum atomic E-state index is 13.2. The molecule has 1 N–H and O–H groups in total. The summed E-state index contributed by atoms with van der Waals surface area (Å²) in [5.41, 5.74) is 4.87. The highest BCUT2D eigenvalue weighted by molar-refractivity contribution is 7.92. The number of H-pyrrole nitrogens is 1. The summed E-state index contributed by atoms with van der Waals surface area (Å²) in [6.45, 7) is 0.671. The van der Waals surface area contributed by atoms with Gasteiger partial charge in [-0.1, -0.05) is 11.2 Å². The Hall–Kier alpha value is -3.56. The Kier molecular flexibility index (Phi) is 4.97. The van der Waals surface area contributed by atoms with Crippen molar-refractivity contribution in [3.05, 3.63) is 76.9 Å². The molecule has 2 aromatic carbocycles. The molecular weight excluding hydrogens is 416 g/mol. The zero-order chi connectivity index (χ0) is 21.4. The minimum absolute atomic E-state index is 0.342. The molecule has 0 bridgehead atoms. The van der Waals surface area contributed by atoms with Gasteiger partial charge >= 0.3 is 5.76 Å². The van der Waals surface area contributed by atoms with Crippen molar-refractivity contribution >= 4 is 17.0 Å². The van der Waals surface area contributed by atoms with E-state index in [4.69, 9.17) is 4.74 Å². The van der Waals surface area contributed by atoms with Crippen LogP contribution in [-0.2, 0) is 17.8 Å². The fraction of sp³-hybridized carbons (Fsp3) is 0.136. The number of anilines is 1. The van der Waals surface area contributed by atoms with Crippen molar-refractivity contribution in [2.75, 3.05) is 18.0 Å². The molecule has 2 aromatic heterocycles. The molecule has 3 heterocycles. The molecule has 0 radical (unpaired) electrons. The quantitative estimate of drug-likeness (QED) is 0.481. The van der Waals surface area contributed by atoms with Crippen molar-refractivity contribution in [1.29, 1.82) is 0 Å². The van der Waals surface area contributed by atoms with Gasteiger partial charge in [0.25, 0.3) is 0 Å². The summed E-state index contributed by atoms with van der Waals surface area (Å²) in [5, 5.41) is 3.67. The Morgan fingerprint density at radius 2 is 1.87 bits per heavy atom. The Morgan fingerprint density at radius 1 is 1.10 bits per heavy atom. The van der Waals surface area contributed by atoms with Crippen LogP contribution in [0.2, 0.25) is 0 Å². The van der Waals surface area contributed by atoms with Crippen molar-refractivity contribution in [2.45, 2.75) is 11.3 Å². The molecule has 1 aliphatic heterocycles. The summed E-state index contributed by atoms with van der Waals surface area (Å²) in [4.78, 5) is 18.6. The first kappa shape index (κ1) is 19.4. The summed E-state index contributed by atoms with van der Waals surface area (Å²) in [7, 11) is 1.59. The average molecular weight is 434 g/mol. The third-order valence-corrected chi connectivity index (χ3v) is 6.64. The van der Waals surface area contributed by atoms with E-state index in [0.29, 0.717) is 28.7 Å². The van der Waals surface area contributed by atoms with Crippen LogP contribution >= 0.6 is 0 Å². The summed E-state index contributed by atoms with van der Waals surface area (Å²) in [5.74, 6) is 0.308. The van der Waals surface area contributed by atoms with Gasteiger partial charge in [-0.25, -0.2) is 9.78 Å². The number of aromatic amines is 1. The van der Waals surface area contributed by atoms with E-state index in [1.165, 1.54) is 0 Å². The topological polar surface area (TPSA) is 107 Å². The van der Waals surface area contributed by atoms with Crippen LogP contribution in [0.5, 0.6) is 5.88 Å². The van der Waals surface area contributed by atoms with Gasteiger partial charge in [-0.2, -0.15) is 4.31 Å². The lowest BCUT2D eigenvalue weighted by Gasteiger charge is -2.22. The molecule has 1 atom stereocenters. The zero-order valence-corrected chi connectivity index (χ0v) is 17.4. The normalized spacial score (nSPS) is 13.8. The third kappa shape index (κ3) is 3.69. The van der Waals surface area contributed by atoms with Crippen LogP contribution in [0.4, 0.5) is 5.69 Å². The van der Waals surface area contributed by atoms with Crippen LogP contribution in [0.3, 0.4) is 0 Å². The second kappa shape index (κ2) is 7.93. The van der Waals surface area contributed by atoms with Gasteiger partial charge in [0, 0.05) is 23.4 Å². The largest absolute Gasteiger partial charge is 0.588 e. The van der Waals surface area contributed by atoms with E-state index in [1.54, 1.807) is 37.6 Å². The van der Waals surface area contributed by atoms with E-state index in [9.17, 15) is 9.35 Å². The zero-order valence-electron chi connectivity index (χ0n) is 16.6. The van der Waals surface area contributed by atoms with Crippen LogP contribution in [0.1, 0.15) is 5.56 Å². The number of rotatable bonds is 5. The Labute approximate surface area is 180 Å². The molecule has 8 nitrogen and oxygen atoms in total. The molecule has 0 saturated carbocycles. The molecule has 0 amide bonds. The number of nitrogens with one attached hydrogen (secondary N) is 1. The molecule has 9 heteroatoms. The number of hydrogen-bond acceptors (Lipinski definition) is 7. The lowest BCUT2D eigenvalue weighted by Crippen LogP contribution is -2.29. The summed E-state index contributed by atoms with van der Waals surface area (Å²) in [6.07, 6.45) is 2.60. The van der Waals surface area contributed by atoms with Gasteiger partial charge in [-0.15, -0.1) is 0 Å². The SMILES string of the molecule is COc1ccc(-c2ccc3c(c2)CCN3[S+]([O-])c2ccc(-c3noc(=O)[nH]3)cc2)cn1.